The second kappa shape index (κ2) is 15.4. The zero-order chi connectivity index (χ0) is 36.2. The molecule has 4 aromatic carbocycles. The number of nitriles is 1. The fourth-order valence-electron chi connectivity index (χ4n) is 6.24. The number of aromatic nitrogens is 2. The summed E-state index contributed by atoms with van der Waals surface area (Å²) in [5.41, 5.74) is 4.08. The Balaban J connectivity index is 1.36. The monoisotopic (exact) mass is 736 g/mol. The molecular weight excluding hydrogens is 703 g/mol. The van der Waals surface area contributed by atoms with Gasteiger partial charge in [0.2, 0.25) is 11.7 Å². The lowest BCUT2D eigenvalue weighted by molar-refractivity contribution is 0.122. The number of hydrogen-bond donors (Lipinski definition) is 0. The number of anilines is 2. The highest BCUT2D eigenvalue weighted by atomic mass is 35.5. The molecule has 52 heavy (non-hydrogen) atoms. The van der Waals surface area contributed by atoms with E-state index in [9.17, 15) is 5.26 Å². The number of halogens is 2. The van der Waals surface area contributed by atoms with Crippen molar-refractivity contribution in [1.29, 1.82) is 5.26 Å². The van der Waals surface area contributed by atoms with Crippen LogP contribution in [0.1, 0.15) is 29.2 Å². The SMILES string of the molecule is COc1cc(C2CC(c3ccc(Oc4ccc(Cl)cc4)cc3)=NN2c2nc(-c3ccc(Cl)cc3)c(C#N)c(N3CCOCC3)n2)cc(OC)c1OC. The minimum Gasteiger partial charge on any atom is -0.493 e. The van der Waals surface area contributed by atoms with Crippen molar-refractivity contribution >= 4 is 40.7 Å². The summed E-state index contributed by atoms with van der Waals surface area (Å²) in [5.74, 6) is 3.66. The molecule has 0 N–H and O–H groups in total. The predicted molar refractivity (Wildman–Crippen MR) is 201 cm³/mol. The predicted octanol–water partition coefficient (Wildman–Crippen LogP) is 8.33. The van der Waals surface area contributed by atoms with Gasteiger partial charge in [0.1, 0.15) is 23.1 Å². The number of hydrazone groups is 1. The second-order valence-corrected chi connectivity index (χ2v) is 12.8. The first-order valence-electron chi connectivity index (χ1n) is 16.5. The van der Waals surface area contributed by atoms with E-state index < -0.39 is 6.04 Å². The molecule has 3 heterocycles. The molecule has 0 spiro atoms. The molecule has 13 heteroatoms. The van der Waals surface area contributed by atoms with Crippen LogP contribution in [0.4, 0.5) is 11.8 Å². The van der Waals surface area contributed by atoms with Gasteiger partial charge in [-0.2, -0.15) is 15.3 Å². The van der Waals surface area contributed by atoms with E-state index in [0.29, 0.717) is 94.5 Å². The molecule has 0 saturated carbocycles. The minimum absolute atomic E-state index is 0.321. The Bertz CT molecular complexity index is 2110. The molecule has 2 aliphatic rings. The van der Waals surface area contributed by atoms with Crippen LogP contribution in [0, 0.1) is 11.3 Å². The Labute approximate surface area is 311 Å². The number of ether oxygens (including phenoxy) is 5. The fourth-order valence-corrected chi connectivity index (χ4v) is 6.49. The van der Waals surface area contributed by atoms with Gasteiger partial charge in [-0.05, 0) is 83.9 Å². The zero-order valence-corrected chi connectivity index (χ0v) is 30.2. The Morgan fingerprint density at radius 2 is 1.35 bits per heavy atom. The van der Waals surface area contributed by atoms with E-state index in [2.05, 4.69) is 11.0 Å². The maximum absolute atomic E-state index is 10.5. The first kappa shape index (κ1) is 34.9. The van der Waals surface area contributed by atoms with E-state index in [0.717, 1.165) is 22.4 Å². The molecular formula is C39H34Cl2N6O5. The van der Waals surface area contributed by atoms with Crippen LogP contribution in [0.5, 0.6) is 28.7 Å². The third-order valence-electron chi connectivity index (χ3n) is 8.84. The standard InChI is InChI=1S/C39H34Cl2N6O5/c1-48-34-20-26(21-35(49-2)37(34)50-3)33-22-32(24-6-12-29(13-7-24)52-30-14-10-28(41)11-15-30)45-47(33)39-43-36(25-4-8-27(40)9-5-25)31(23-42)38(44-39)46-16-18-51-19-17-46/h4-15,20-21,33H,16-19,22H2,1-3H3. The lowest BCUT2D eigenvalue weighted by Gasteiger charge is -2.30. The summed E-state index contributed by atoms with van der Waals surface area (Å²) in [6, 6.07) is 28.0. The first-order chi connectivity index (χ1) is 25.4. The van der Waals surface area contributed by atoms with E-state index >= 15 is 0 Å². The van der Waals surface area contributed by atoms with Crippen LogP contribution in [0.2, 0.25) is 10.0 Å². The van der Waals surface area contributed by atoms with Crippen LogP contribution >= 0.6 is 23.2 Å². The Kier molecular flexibility index (Phi) is 10.3. The van der Waals surface area contributed by atoms with Gasteiger partial charge in [0.15, 0.2) is 17.3 Å². The van der Waals surface area contributed by atoms with Crippen LogP contribution < -0.4 is 28.9 Å². The van der Waals surface area contributed by atoms with Crippen molar-refractivity contribution in [1.82, 2.24) is 9.97 Å². The molecule has 1 atom stereocenters. The number of benzene rings is 4. The summed E-state index contributed by atoms with van der Waals surface area (Å²) in [6.07, 6.45) is 0.489. The minimum atomic E-state index is -0.391. The Morgan fingerprint density at radius 3 is 1.92 bits per heavy atom. The quantitative estimate of drug-likeness (QED) is 0.139. The highest BCUT2D eigenvalue weighted by molar-refractivity contribution is 6.30. The molecule has 11 nitrogen and oxygen atoms in total. The number of hydrogen-bond acceptors (Lipinski definition) is 11. The van der Waals surface area contributed by atoms with Gasteiger partial charge in [-0.3, -0.25) is 0 Å². The third-order valence-corrected chi connectivity index (χ3v) is 9.35. The van der Waals surface area contributed by atoms with Gasteiger partial charge < -0.3 is 28.6 Å². The van der Waals surface area contributed by atoms with Crippen molar-refractivity contribution in [2.45, 2.75) is 12.5 Å². The maximum atomic E-state index is 10.5. The zero-order valence-electron chi connectivity index (χ0n) is 28.7. The molecule has 7 rings (SSSR count). The van der Waals surface area contributed by atoms with Gasteiger partial charge in [0, 0.05) is 35.1 Å². The summed E-state index contributed by atoms with van der Waals surface area (Å²) in [5, 5.41) is 18.7. The normalized spacial score (nSPS) is 15.5. The largest absolute Gasteiger partial charge is 0.493 e. The topological polar surface area (TPSA) is 115 Å². The Hall–Kier alpha value is -5.54. The van der Waals surface area contributed by atoms with Gasteiger partial charge in [0.25, 0.3) is 0 Å². The van der Waals surface area contributed by atoms with Gasteiger partial charge >= 0.3 is 0 Å². The second-order valence-electron chi connectivity index (χ2n) is 11.9. The maximum Gasteiger partial charge on any atom is 0.249 e. The number of morpholine rings is 1. The molecule has 0 radical (unpaired) electrons. The molecule has 264 valence electrons. The number of nitrogens with zero attached hydrogens (tertiary/aromatic N) is 6. The highest BCUT2D eigenvalue weighted by Crippen LogP contribution is 2.45. The van der Waals surface area contributed by atoms with Gasteiger partial charge in [-0.15, -0.1) is 0 Å². The van der Waals surface area contributed by atoms with Crippen molar-refractivity contribution in [3.05, 3.63) is 112 Å². The van der Waals surface area contributed by atoms with E-state index in [4.69, 9.17) is 62.0 Å². The number of rotatable bonds is 10. The van der Waals surface area contributed by atoms with Gasteiger partial charge in [-0.1, -0.05) is 35.3 Å². The average molecular weight is 738 g/mol. The molecule has 0 bridgehead atoms. The van der Waals surface area contributed by atoms with E-state index in [1.165, 1.54) is 0 Å². The van der Waals surface area contributed by atoms with Crippen LogP contribution in [0.15, 0.2) is 90.0 Å². The molecule has 1 fully saturated rings. The average Bonchev–Trinajstić information content (AvgIpc) is 3.64. The molecule has 1 unspecified atom stereocenters. The summed E-state index contributed by atoms with van der Waals surface area (Å²) >= 11 is 12.3. The molecule has 0 amide bonds. The van der Waals surface area contributed by atoms with E-state index in [1.807, 2.05) is 60.7 Å². The van der Waals surface area contributed by atoms with Crippen LogP contribution in [0.25, 0.3) is 11.3 Å². The van der Waals surface area contributed by atoms with Crippen molar-refractivity contribution in [3.8, 4) is 46.1 Å². The summed E-state index contributed by atoms with van der Waals surface area (Å²) in [6.45, 7) is 2.16. The van der Waals surface area contributed by atoms with Crippen molar-refractivity contribution in [2.75, 3.05) is 57.5 Å². The van der Waals surface area contributed by atoms with Crippen molar-refractivity contribution in [2.24, 2.45) is 5.10 Å². The molecule has 2 aliphatic heterocycles. The fraction of sp³-hybridized carbons (Fsp3) is 0.231. The molecule has 1 aromatic heterocycles. The number of methoxy groups -OCH3 is 3. The van der Waals surface area contributed by atoms with Crippen molar-refractivity contribution in [3.63, 3.8) is 0 Å². The van der Waals surface area contributed by atoms with Crippen LogP contribution in [0.3, 0.4) is 0 Å². The van der Waals surface area contributed by atoms with Crippen LogP contribution in [-0.4, -0.2) is 63.3 Å². The Morgan fingerprint density at radius 1 is 0.769 bits per heavy atom. The summed E-state index contributed by atoms with van der Waals surface area (Å²) in [4.78, 5) is 12.2. The third kappa shape index (κ3) is 7.14. The van der Waals surface area contributed by atoms with E-state index in [-0.39, 0.29) is 0 Å². The van der Waals surface area contributed by atoms with Gasteiger partial charge in [0.05, 0.1) is 52.0 Å². The lowest BCUT2D eigenvalue weighted by atomic mass is 9.97. The van der Waals surface area contributed by atoms with E-state index in [1.54, 1.807) is 50.6 Å². The van der Waals surface area contributed by atoms with Gasteiger partial charge in [-0.25, -0.2) is 9.99 Å². The molecule has 1 saturated heterocycles. The van der Waals surface area contributed by atoms with Crippen LogP contribution in [-0.2, 0) is 4.74 Å². The lowest BCUT2D eigenvalue weighted by Crippen LogP contribution is -2.37. The molecule has 5 aromatic rings. The first-order valence-corrected chi connectivity index (χ1v) is 17.3. The summed E-state index contributed by atoms with van der Waals surface area (Å²) in [7, 11) is 4.74. The highest BCUT2D eigenvalue weighted by Gasteiger charge is 2.35. The molecule has 0 aliphatic carbocycles. The van der Waals surface area contributed by atoms with Crippen molar-refractivity contribution < 1.29 is 23.7 Å². The summed E-state index contributed by atoms with van der Waals surface area (Å²) < 4.78 is 28.8. The smallest absolute Gasteiger partial charge is 0.249 e.